The van der Waals surface area contributed by atoms with Gasteiger partial charge in [0, 0.05) is 0 Å². The van der Waals surface area contributed by atoms with Gasteiger partial charge in [-0.1, -0.05) is 18.2 Å². The lowest BCUT2D eigenvalue weighted by molar-refractivity contribution is -0.141. The predicted octanol–water partition coefficient (Wildman–Crippen LogP) is 2.76. The molecular weight excluding hydrogens is 459 g/mol. The molecular formula is C22H25N6O5P. The normalized spacial score (nSPS) is 20.6. The van der Waals surface area contributed by atoms with E-state index in [0.29, 0.717) is 23.5 Å². The third-order valence-electron chi connectivity index (χ3n) is 5.16. The third kappa shape index (κ3) is 5.61. The number of aromatic nitrogens is 3. The van der Waals surface area contributed by atoms with Crippen LogP contribution in [0.15, 0.2) is 48.8 Å². The lowest BCUT2D eigenvalue weighted by Gasteiger charge is -2.20. The van der Waals surface area contributed by atoms with E-state index in [-0.39, 0.29) is 25.9 Å². The maximum Gasteiger partial charge on any atom is 0.320 e. The van der Waals surface area contributed by atoms with Crippen LogP contribution in [-0.2, 0) is 18.8 Å². The van der Waals surface area contributed by atoms with Crippen LogP contribution in [0, 0.1) is 17.2 Å². The topological polar surface area (TPSA) is 146 Å². The van der Waals surface area contributed by atoms with E-state index in [4.69, 9.17) is 24.3 Å². The van der Waals surface area contributed by atoms with E-state index in [0.717, 1.165) is 5.69 Å². The monoisotopic (exact) mass is 484 g/mol. The van der Waals surface area contributed by atoms with Crippen LogP contribution in [0.4, 0.5) is 5.82 Å². The van der Waals surface area contributed by atoms with Gasteiger partial charge in [0.1, 0.15) is 30.2 Å². The average molecular weight is 484 g/mol. The minimum absolute atomic E-state index is 0.0569. The molecule has 11 nitrogen and oxygen atoms in total. The molecule has 0 bridgehead atoms. The molecule has 34 heavy (non-hydrogen) atoms. The minimum atomic E-state index is -1.66. The van der Waals surface area contributed by atoms with E-state index >= 15 is 0 Å². The Balaban J connectivity index is 1.42. The summed E-state index contributed by atoms with van der Waals surface area (Å²) >= 11 is 0. The van der Waals surface area contributed by atoms with Gasteiger partial charge in [0.25, 0.3) is 0 Å². The molecule has 1 unspecified atom stereocenters. The van der Waals surface area contributed by atoms with Gasteiger partial charge in [-0.05, 0) is 37.6 Å². The van der Waals surface area contributed by atoms with Crippen LogP contribution in [0.25, 0.3) is 5.52 Å². The number of nitrogens with zero attached hydrogens (tertiary/aromatic N) is 4. The molecule has 3 heterocycles. The minimum Gasteiger partial charge on any atom is -0.465 e. The second-order valence-electron chi connectivity index (χ2n) is 7.45. The fourth-order valence-electron chi connectivity index (χ4n) is 3.63. The number of nitrogens with one attached hydrogen (secondary N) is 1. The summed E-state index contributed by atoms with van der Waals surface area (Å²) < 4.78 is 24.7. The molecule has 2 aromatic heterocycles. The standard InChI is InChI=1S/C22H25N6O5P/c1-2-30-20(29)12-27-34(33-16-6-4-3-5-7-16)31-13-17-10-15(11-23)21(32-17)18-8-9-19-22(24)25-14-26-28(18)19/h3-9,14-15,17,21,27H,2,10,12-13H2,1H3,(H2,24,25,26)/t15-,17+,21-,34?/m1/s1. The number of fused-ring (bicyclic) bond motifs is 1. The van der Waals surface area contributed by atoms with Gasteiger partial charge in [-0.3, -0.25) is 4.79 Å². The molecule has 1 aliphatic rings. The van der Waals surface area contributed by atoms with Crippen molar-refractivity contribution in [3.63, 3.8) is 0 Å². The summed E-state index contributed by atoms with van der Waals surface area (Å²) in [5, 5.41) is 16.9. The molecule has 3 aromatic rings. The highest BCUT2D eigenvalue weighted by Gasteiger charge is 2.39. The van der Waals surface area contributed by atoms with E-state index in [1.54, 1.807) is 29.6 Å². The number of nitrogens with two attached hydrogens (primary N) is 1. The number of nitriles is 1. The van der Waals surface area contributed by atoms with E-state index in [2.05, 4.69) is 21.2 Å². The molecule has 0 aliphatic carbocycles. The summed E-state index contributed by atoms with van der Waals surface area (Å²) in [4.78, 5) is 15.8. The van der Waals surface area contributed by atoms with Gasteiger partial charge < -0.3 is 24.3 Å². The number of anilines is 1. The molecule has 4 atom stereocenters. The first-order chi connectivity index (χ1) is 16.6. The van der Waals surface area contributed by atoms with E-state index in [1.165, 1.54) is 6.33 Å². The average Bonchev–Trinajstić information content (AvgIpc) is 3.46. The quantitative estimate of drug-likeness (QED) is 0.325. The second-order valence-corrected chi connectivity index (χ2v) is 8.72. The third-order valence-corrected chi connectivity index (χ3v) is 6.33. The van der Waals surface area contributed by atoms with Gasteiger partial charge in [-0.2, -0.15) is 10.4 Å². The van der Waals surface area contributed by atoms with Crippen molar-refractivity contribution in [1.29, 1.82) is 5.26 Å². The summed E-state index contributed by atoms with van der Waals surface area (Å²) in [6.07, 6.45) is 0.991. The molecule has 0 amide bonds. The molecule has 3 N–H and O–H groups in total. The zero-order chi connectivity index (χ0) is 23.9. The van der Waals surface area contributed by atoms with Crippen molar-refractivity contribution in [3.8, 4) is 11.8 Å². The number of benzene rings is 1. The Bertz CT molecular complexity index is 1150. The zero-order valence-electron chi connectivity index (χ0n) is 18.5. The van der Waals surface area contributed by atoms with Gasteiger partial charge in [0.2, 0.25) is 0 Å². The van der Waals surface area contributed by atoms with Crippen LogP contribution in [0.3, 0.4) is 0 Å². The van der Waals surface area contributed by atoms with Crippen LogP contribution >= 0.6 is 8.53 Å². The summed E-state index contributed by atoms with van der Waals surface area (Å²) in [5.74, 6) is 0.154. The Labute approximate surface area is 197 Å². The van der Waals surface area contributed by atoms with E-state index in [1.807, 2.05) is 24.3 Å². The van der Waals surface area contributed by atoms with Crippen LogP contribution in [0.2, 0.25) is 0 Å². The van der Waals surface area contributed by atoms with Crippen LogP contribution in [0.1, 0.15) is 25.1 Å². The van der Waals surface area contributed by atoms with Crippen LogP contribution < -0.4 is 15.3 Å². The Kier molecular flexibility index (Phi) is 7.87. The van der Waals surface area contributed by atoms with Gasteiger partial charge in [-0.25, -0.2) is 14.6 Å². The van der Waals surface area contributed by atoms with Crippen LogP contribution in [0.5, 0.6) is 5.75 Å². The first-order valence-corrected chi connectivity index (χ1v) is 11.9. The van der Waals surface area contributed by atoms with Crippen molar-refractivity contribution >= 4 is 25.8 Å². The lowest BCUT2D eigenvalue weighted by atomic mass is 9.99. The molecule has 1 saturated heterocycles. The van der Waals surface area contributed by atoms with Crippen LogP contribution in [-0.4, -0.2) is 46.4 Å². The maximum absolute atomic E-state index is 11.8. The fraction of sp³-hybridized carbons (Fsp3) is 0.364. The molecule has 178 valence electrons. The summed E-state index contributed by atoms with van der Waals surface area (Å²) in [6.45, 7) is 2.14. The van der Waals surface area contributed by atoms with Gasteiger partial charge >= 0.3 is 14.5 Å². The summed E-state index contributed by atoms with van der Waals surface area (Å²) in [5.41, 5.74) is 7.30. The Morgan fingerprint density at radius 1 is 1.35 bits per heavy atom. The first kappa shape index (κ1) is 23.9. The molecule has 0 radical (unpaired) electrons. The Morgan fingerprint density at radius 3 is 2.94 bits per heavy atom. The molecule has 0 spiro atoms. The fourth-order valence-corrected chi connectivity index (χ4v) is 4.71. The number of ether oxygens (including phenoxy) is 2. The van der Waals surface area contributed by atoms with Crippen molar-refractivity contribution in [2.45, 2.75) is 25.6 Å². The highest BCUT2D eigenvalue weighted by Crippen LogP contribution is 2.41. The molecule has 4 rings (SSSR count). The highest BCUT2D eigenvalue weighted by atomic mass is 31.2. The highest BCUT2D eigenvalue weighted by molar-refractivity contribution is 7.45. The van der Waals surface area contributed by atoms with Crippen molar-refractivity contribution in [2.24, 2.45) is 5.92 Å². The van der Waals surface area contributed by atoms with Gasteiger partial charge in [0.15, 0.2) is 5.82 Å². The number of rotatable bonds is 10. The lowest BCUT2D eigenvalue weighted by Crippen LogP contribution is -2.25. The molecule has 1 aromatic carbocycles. The second kappa shape index (κ2) is 11.2. The number of carbonyl (C=O) groups is 1. The summed E-state index contributed by atoms with van der Waals surface area (Å²) in [7, 11) is -1.66. The van der Waals surface area contributed by atoms with Crippen molar-refractivity contribution in [1.82, 2.24) is 19.7 Å². The van der Waals surface area contributed by atoms with Crippen molar-refractivity contribution < 1.29 is 23.3 Å². The Hall–Kier alpha value is -3.29. The number of carbonyl (C=O) groups excluding carboxylic acids is 1. The molecule has 0 saturated carbocycles. The number of para-hydroxylation sites is 1. The maximum atomic E-state index is 11.8. The van der Waals surface area contributed by atoms with Crippen molar-refractivity contribution in [3.05, 3.63) is 54.5 Å². The van der Waals surface area contributed by atoms with Gasteiger partial charge in [-0.15, -0.1) is 0 Å². The number of hydrogen-bond acceptors (Lipinski definition) is 10. The zero-order valence-corrected chi connectivity index (χ0v) is 19.4. The largest absolute Gasteiger partial charge is 0.465 e. The SMILES string of the molecule is CCOC(=O)CNP(OC[C@@H]1C[C@H](C#N)[C@H](c2ccc3c(N)ncnn23)O1)Oc1ccccc1. The molecule has 1 aliphatic heterocycles. The molecule has 12 heteroatoms. The predicted molar refractivity (Wildman–Crippen MR) is 123 cm³/mol. The number of esters is 1. The smallest absolute Gasteiger partial charge is 0.320 e. The molecule has 1 fully saturated rings. The number of nitrogen functional groups attached to an aromatic ring is 1. The van der Waals surface area contributed by atoms with E-state index < -0.39 is 26.5 Å². The first-order valence-electron chi connectivity index (χ1n) is 10.8. The van der Waals surface area contributed by atoms with Crippen molar-refractivity contribution in [2.75, 3.05) is 25.5 Å². The summed E-state index contributed by atoms with van der Waals surface area (Å²) in [6, 6.07) is 15.1. The Morgan fingerprint density at radius 2 is 2.18 bits per heavy atom. The van der Waals surface area contributed by atoms with Gasteiger partial charge in [0.05, 0.1) is 37.0 Å². The van der Waals surface area contributed by atoms with E-state index in [9.17, 15) is 10.1 Å². The number of hydrogen-bond donors (Lipinski definition) is 2.